The van der Waals surface area contributed by atoms with E-state index >= 15 is 0 Å². The summed E-state index contributed by atoms with van der Waals surface area (Å²) in [5, 5.41) is 9.76. The Balaban J connectivity index is 1.63. The number of amides is 1. The van der Waals surface area contributed by atoms with Gasteiger partial charge in [0.2, 0.25) is 5.91 Å². The summed E-state index contributed by atoms with van der Waals surface area (Å²) in [5.41, 5.74) is 13.4. The maximum Gasteiger partial charge on any atom is 0.249 e. The Kier molecular flexibility index (Phi) is 5.52. The number of aromatic nitrogens is 2. The molecule has 0 radical (unpaired) electrons. The van der Waals surface area contributed by atoms with Crippen LogP contribution >= 0.6 is 0 Å². The van der Waals surface area contributed by atoms with E-state index in [1.807, 2.05) is 26.0 Å². The largest absolute Gasteiger partial charge is 0.382 e. The molecule has 6 nitrogen and oxygen atoms in total. The second-order valence-corrected chi connectivity index (χ2v) is 9.91. The van der Waals surface area contributed by atoms with Gasteiger partial charge >= 0.3 is 0 Å². The molecular formula is C30H30N4O2. The lowest BCUT2D eigenvalue weighted by atomic mass is 9.97. The fraction of sp³-hybridized carbons (Fsp3) is 0.267. The van der Waals surface area contributed by atoms with Gasteiger partial charge in [0, 0.05) is 45.7 Å². The highest BCUT2D eigenvalue weighted by Gasteiger charge is 2.22. The molecule has 36 heavy (non-hydrogen) atoms. The Bertz CT molecular complexity index is 1570. The van der Waals surface area contributed by atoms with E-state index in [9.17, 15) is 4.79 Å². The van der Waals surface area contributed by atoms with Crippen molar-refractivity contribution in [2.24, 2.45) is 5.73 Å². The normalized spacial score (nSPS) is 14.2. The van der Waals surface area contributed by atoms with Gasteiger partial charge in [0.25, 0.3) is 0 Å². The Labute approximate surface area is 210 Å². The van der Waals surface area contributed by atoms with Gasteiger partial charge in [0.15, 0.2) is 0 Å². The summed E-state index contributed by atoms with van der Waals surface area (Å²) in [6.45, 7) is 4.49. The number of aryl methyl sites for hydroxylation is 2. The van der Waals surface area contributed by atoms with Crippen molar-refractivity contribution >= 4 is 33.4 Å². The van der Waals surface area contributed by atoms with Crippen LogP contribution in [0.5, 0.6) is 0 Å². The summed E-state index contributed by atoms with van der Waals surface area (Å²) >= 11 is 0. The second-order valence-electron chi connectivity index (χ2n) is 9.91. The van der Waals surface area contributed by atoms with Crippen molar-refractivity contribution in [2.75, 3.05) is 5.32 Å². The van der Waals surface area contributed by atoms with Crippen LogP contribution in [0.25, 0.3) is 32.9 Å². The molecule has 2 aromatic heterocycles. The van der Waals surface area contributed by atoms with Crippen LogP contribution in [0.1, 0.15) is 53.1 Å². The molecule has 0 bridgehead atoms. The topological polar surface area (TPSA) is 86.1 Å². The predicted octanol–water partition coefficient (Wildman–Crippen LogP) is 6.57. The zero-order chi connectivity index (χ0) is 24.8. The first-order chi connectivity index (χ1) is 17.5. The summed E-state index contributed by atoms with van der Waals surface area (Å²) in [5.74, 6) is 0.276. The average Bonchev–Trinajstić information content (AvgIpc) is 3.58. The van der Waals surface area contributed by atoms with Crippen molar-refractivity contribution in [1.82, 2.24) is 9.72 Å². The summed E-state index contributed by atoms with van der Waals surface area (Å²) in [6, 6.07) is 21.4. The van der Waals surface area contributed by atoms with Crippen LogP contribution in [0.3, 0.4) is 0 Å². The monoisotopic (exact) mass is 478 g/mol. The molecule has 1 aliphatic rings. The minimum atomic E-state index is -0.443. The average molecular weight is 479 g/mol. The highest BCUT2D eigenvalue weighted by atomic mass is 16.5. The molecule has 3 N–H and O–H groups in total. The van der Waals surface area contributed by atoms with E-state index in [1.54, 1.807) is 0 Å². The Morgan fingerprint density at radius 3 is 2.53 bits per heavy atom. The number of hydrogen-bond donors (Lipinski definition) is 2. The lowest BCUT2D eigenvalue weighted by Crippen LogP contribution is -2.14. The molecule has 1 fully saturated rings. The number of carbonyl (C=O) groups excluding carboxylic acids is 1. The number of nitrogens with two attached hydrogens (primary N) is 1. The fourth-order valence-electron chi connectivity index (χ4n) is 5.79. The number of carbonyl (C=O) groups is 1. The number of benzene rings is 3. The lowest BCUT2D eigenvalue weighted by molar-refractivity contribution is 0.100. The molecule has 0 atom stereocenters. The van der Waals surface area contributed by atoms with Crippen LogP contribution in [0, 0.1) is 13.8 Å². The van der Waals surface area contributed by atoms with E-state index in [-0.39, 0.29) is 0 Å². The van der Waals surface area contributed by atoms with Crippen molar-refractivity contribution in [2.45, 2.75) is 52.1 Å². The lowest BCUT2D eigenvalue weighted by Gasteiger charge is -2.14. The summed E-state index contributed by atoms with van der Waals surface area (Å²) < 4.78 is 7.73. The molecule has 3 aromatic carbocycles. The number of fused-ring (bicyclic) bond motifs is 3. The maximum absolute atomic E-state index is 12.8. The minimum absolute atomic E-state index is 0.443. The van der Waals surface area contributed by atoms with Gasteiger partial charge in [-0.1, -0.05) is 48.3 Å². The maximum atomic E-state index is 12.8. The molecule has 5 aromatic rings. The van der Waals surface area contributed by atoms with E-state index in [2.05, 4.69) is 63.6 Å². The Morgan fingerprint density at radius 1 is 1.06 bits per heavy atom. The van der Waals surface area contributed by atoms with E-state index in [0.717, 1.165) is 50.1 Å². The van der Waals surface area contributed by atoms with Crippen molar-refractivity contribution in [1.29, 1.82) is 0 Å². The third kappa shape index (κ3) is 3.83. The Hall–Kier alpha value is -4.06. The standard InChI is InChI=1S/C30H30N4O2/c1-18-28(19(2)36-33-18)21-14-25(30(31)35)29-24-16-23(32-22-10-6-7-11-22)12-13-26(24)34(27(29)15-21)17-20-8-4-3-5-9-20/h3-5,8-9,12-16,22,32H,6-7,10-11,17H2,1-2H3,(H2,31,35). The number of rotatable bonds is 6. The predicted molar refractivity (Wildman–Crippen MR) is 144 cm³/mol. The molecule has 182 valence electrons. The molecule has 0 unspecified atom stereocenters. The van der Waals surface area contributed by atoms with Crippen molar-refractivity contribution < 1.29 is 9.32 Å². The van der Waals surface area contributed by atoms with Gasteiger partial charge in [-0.2, -0.15) is 0 Å². The first-order valence-corrected chi connectivity index (χ1v) is 12.6. The molecule has 0 aliphatic heterocycles. The van der Waals surface area contributed by atoms with Crippen LogP contribution in [-0.4, -0.2) is 21.7 Å². The highest BCUT2D eigenvalue weighted by molar-refractivity contribution is 6.19. The SMILES string of the molecule is Cc1noc(C)c1-c1cc(C(N)=O)c2c3cc(NC4CCCC4)ccc3n(Cc3ccccc3)c2c1. The summed E-state index contributed by atoms with van der Waals surface area (Å²) in [7, 11) is 0. The molecule has 1 amide bonds. The van der Waals surface area contributed by atoms with E-state index in [0.29, 0.717) is 18.2 Å². The van der Waals surface area contributed by atoms with Crippen molar-refractivity contribution in [3.63, 3.8) is 0 Å². The van der Waals surface area contributed by atoms with Gasteiger partial charge in [0.1, 0.15) is 5.76 Å². The molecule has 6 heteroatoms. The second kappa shape index (κ2) is 8.86. The van der Waals surface area contributed by atoms with Gasteiger partial charge in [-0.15, -0.1) is 0 Å². The van der Waals surface area contributed by atoms with Crippen molar-refractivity contribution in [3.05, 3.63) is 83.2 Å². The van der Waals surface area contributed by atoms with Crippen LogP contribution in [0.15, 0.2) is 65.2 Å². The molecule has 6 rings (SSSR count). The van der Waals surface area contributed by atoms with Gasteiger partial charge < -0.3 is 20.1 Å². The van der Waals surface area contributed by atoms with Crippen LogP contribution < -0.4 is 11.1 Å². The quantitative estimate of drug-likeness (QED) is 0.289. The zero-order valence-corrected chi connectivity index (χ0v) is 20.7. The van der Waals surface area contributed by atoms with Gasteiger partial charge in [-0.05, 0) is 68.1 Å². The van der Waals surface area contributed by atoms with Crippen LogP contribution in [0.4, 0.5) is 5.69 Å². The van der Waals surface area contributed by atoms with E-state index in [1.165, 1.54) is 31.2 Å². The number of nitrogens with one attached hydrogen (secondary N) is 1. The summed E-state index contributed by atoms with van der Waals surface area (Å²) in [4.78, 5) is 12.8. The van der Waals surface area contributed by atoms with Gasteiger partial charge in [-0.3, -0.25) is 4.79 Å². The van der Waals surface area contributed by atoms with Gasteiger partial charge in [-0.25, -0.2) is 0 Å². The molecule has 1 aliphatic carbocycles. The van der Waals surface area contributed by atoms with Crippen LogP contribution in [-0.2, 0) is 6.54 Å². The first kappa shape index (κ1) is 22.4. The molecular weight excluding hydrogens is 448 g/mol. The van der Waals surface area contributed by atoms with E-state index in [4.69, 9.17) is 10.3 Å². The summed E-state index contributed by atoms with van der Waals surface area (Å²) in [6.07, 6.45) is 4.93. The highest BCUT2D eigenvalue weighted by Crippen LogP contribution is 2.39. The number of primary amides is 1. The molecule has 2 heterocycles. The third-order valence-corrected chi connectivity index (χ3v) is 7.46. The number of nitrogens with zero attached hydrogens (tertiary/aromatic N) is 2. The van der Waals surface area contributed by atoms with Gasteiger partial charge in [0.05, 0.1) is 11.2 Å². The smallest absolute Gasteiger partial charge is 0.249 e. The number of anilines is 1. The fourth-order valence-corrected chi connectivity index (χ4v) is 5.79. The number of hydrogen-bond acceptors (Lipinski definition) is 4. The zero-order valence-electron chi connectivity index (χ0n) is 20.7. The van der Waals surface area contributed by atoms with E-state index < -0.39 is 5.91 Å². The minimum Gasteiger partial charge on any atom is -0.382 e. The van der Waals surface area contributed by atoms with Crippen LogP contribution in [0.2, 0.25) is 0 Å². The Morgan fingerprint density at radius 2 is 1.83 bits per heavy atom. The van der Waals surface area contributed by atoms with Crippen molar-refractivity contribution in [3.8, 4) is 11.1 Å². The third-order valence-electron chi connectivity index (χ3n) is 7.46. The molecule has 0 spiro atoms. The molecule has 1 saturated carbocycles. The first-order valence-electron chi connectivity index (χ1n) is 12.6. The molecule has 0 saturated heterocycles.